The molecule has 2 heterocycles. The Morgan fingerprint density at radius 2 is 2.33 bits per heavy atom. The van der Waals surface area contributed by atoms with Gasteiger partial charge in [-0.25, -0.2) is 14.6 Å². The maximum absolute atomic E-state index is 12.3. The van der Waals surface area contributed by atoms with Gasteiger partial charge in [0.2, 0.25) is 0 Å². The zero-order chi connectivity index (χ0) is 15.5. The Morgan fingerprint density at radius 3 is 2.90 bits per heavy atom. The van der Waals surface area contributed by atoms with E-state index in [1.54, 1.807) is 11.3 Å². The fourth-order valence-corrected chi connectivity index (χ4v) is 3.48. The van der Waals surface area contributed by atoms with Gasteiger partial charge >= 0.3 is 12.0 Å². The first-order valence-corrected chi connectivity index (χ1v) is 8.07. The van der Waals surface area contributed by atoms with Gasteiger partial charge < -0.3 is 15.3 Å². The Labute approximate surface area is 128 Å². The summed E-state index contributed by atoms with van der Waals surface area (Å²) in [5.41, 5.74) is -0.0828. The van der Waals surface area contributed by atoms with E-state index in [-0.39, 0.29) is 6.03 Å². The maximum Gasteiger partial charge on any atom is 0.329 e. The molecule has 2 amide bonds. The highest BCUT2D eigenvalue weighted by atomic mass is 32.1. The lowest BCUT2D eigenvalue weighted by Gasteiger charge is -2.33. The van der Waals surface area contributed by atoms with Crippen LogP contribution in [0.5, 0.6) is 0 Å². The molecule has 1 fully saturated rings. The number of rotatable bonds is 5. The number of urea groups is 1. The number of aryl methyl sites for hydroxylation is 1. The first-order valence-electron chi connectivity index (χ1n) is 7.19. The summed E-state index contributed by atoms with van der Waals surface area (Å²) in [5.74, 6) is -0.909. The summed E-state index contributed by atoms with van der Waals surface area (Å²) in [6.45, 7) is 4.73. The molecule has 6 nitrogen and oxygen atoms in total. The van der Waals surface area contributed by atoms with Crippen molar-refractivity contribution in [2.75, 3.05) is 13.1 Å². The Bertz CT molecular complexity index is 531. The van der Waals surface area contributed by atoms with Crippen molar-refractivity contribution in [3.05, 3.63) is 16.1 Å². The summed E-state index contributed by atoms with van der Waals surface area (Å²) in [4.78, 5) is 29.6. The van der Waals surface area contributed by atoms with E-state index in [1.807, 2.05) is 19.2 Å². The predicted octanol–water partition coefficient (Wildman–Crippen LogP) is 2.03. The van der Waals surface area contributed by atoms with E-state index in [4.69, 9.17) is 0 Å². The molecule has 1 aromatic rings. The van der Waals surface area contributed by atoms with Crippen LogP contribution < -0.4 is 5.32 Å². The lowest BCUT2D eigenvalue weighted by molar-refractivity contribution is -0.148. The fourth-order valence-electron chi connectivity index (χ4n) is 2.83. The standard InChI is InChI=1S/C14H21N3O3S/c1-3-14(12(18)19)6-4-8-17(14)13(20)15-7-5-11-9-21-10(2)16-11/h9H,3-8H2,1-2H3,(H,15,20)(H,18,19). The van der Waals surface area contributed by atoms with Crippen LogP contribution >= 0.6 is 11.3 Å². The van der Waals surface area contributed by atoms with E-state index in [9.17, 15) is 14.7 Å². The summed E-state index contributed by atoms with van der Waals surface area (Å²) in [5, 5.41) is 15.3. The second kappa shape index (κ2) is 6.43. The van der Waals surface area contributed by atoms with Crippen LogP contribution in [0.4, 0.5) is 4.79 Å². The topological polar surface area (TPSA) is 82.5 Å². The largest absolute Gasteiger partial charge is 0.479 e. The number of hydrogen-bond acceptors (Lipinski definition) is 4. The predicted molar refractivity (Wildman–Crippen MR) is 80.6 cm³/mol. The van der Waals surface area contributed by atoms with Crippen LogP contribution in [0.25, 0.3) is 0 Å². The molecule has 1 aliphatic rings. The van der Waals surface area contributed by atoms with Gasteiger partial charge in [-0.1, -0.05) is 6.92 Å². The first-order chi connectivity index (χ1) is 9.99. The van der Waals surface area contributed by atoms with Crippen molar-refractivity contribution in [3.8, 4) is 0 Å². The van der Waals surface area contributed by atoms with Crippen molar-refractivity contribution in [2.24, 2.45) is 0 Å². The minimum atomic E-state index is -1.04. The summed E-state index contributed by atoms with van der Waals surface area (Å²) in [6.07, 6.45) is 2.35. The third-order valence-electron chi connectivity index (χ3n) is 4.04. The Hall–Kier alpha value is -1.63. The highest BCUT2D eigenvalue weighted by Crippen LogP contribution is 2.32. The monoisotopic (exact) mass is 311 g/mol. The zero-order valence-electron chi connectivity index (χ0n) is 12.4. The first kappa shape index (κ1) is 15.8. The lowest BCUT2D eigenvalue weighted by Crippen LogP contribution is -2.55. The molecule has 1 unspecified atom stereocenters. The van der Waals surface area contributed by atoms with E-state index in [1.165, 1.54) is 4.90 Å². The van der Waals surface area contributed by atoms with Gasteiger partial charge in [0, 0.05) is 24.9 Å². The van der Waals surface area contributed by atoms with Gasteiger partial charge in [0.05, 0.1) is 10.7 Å². The highest BCUT2D eigenvalue weighted by Gasteiger charge is 2.48. The molecule has 116 valence electrons. The number of aromatic nitrogens is 1. The molecule has 2 N–H and O–H groups in total. The Kier molecular flexibility index (Phi) is 4.82. The molecule has 0 aromatic carbocycles. The second-order valence-electron chi connectivity index (χ2n) is 5.29. The number of carboxylic acids is 1. The molecule has 21 heavy (non-hydrogen) atoms. The molecular weight excluding hydrogens is 290 g/mol. The molecule has 0 radical (unpaired) electrons. The number of nitrogens with zero attached hydrogens (tertiary/aromatic N) is 2. The van der Waals surface area contributed by atoms with Crippen LogP contribution in [0.3, 0.4) is 0 Å². The van der Waals surface area contributed by atoms with Gasteiger partial charge in [-0.05, 0) is 26.2 Å². The normalized spacial score (nSPS) is 21.5. The number of carbonyl (C=O) groups excluding carboxylic acids is 1. The molecule has 2 rings (SSSR count). The van der Waals surface area contributed by atoms with Gasteiger partial charge in [-0.3, -0.25) is 0 Å². The molecule has 7 heteroatoms. The zero-order valence-corrected chi connectivity index (χ0v) is 13.2. The average molecular weight is 311 g/mol. The van der Waals surface area contributed by atoms with Crippen molar-refractivity contribution in [1.82, 2.24) is 15.2 Å². The van der Waals surface area contributed by atoms with Crippen LogP contribution in [-0.4, -0.2) is 45.6 Å². The minimum Gasteiger partial charge on any atom is -0.479 e. The van der Waals surface area contributed by atoms with Crippen molar-refractivity contribution in [3.63, 3.8) is 0 Å². The van der Waals surface area contributed by atoms with Crippen molar-refractivity contribution in [1.29, 1.82) is 0 Å². The Balaban J connectivity index is 1.91. The number of aliphatic carboxylic acids is 1. The third kappa shape index (κ3) is 3.18. The van der Waals surface area contributed by atoms with Crippen LogP contribution in [-0.2, 0) is 11.2 Å². The smallest absolute Gasteiger partial charge is 0.329 e. The van der Waals surface area contributed by atoms with E-state index < -0.39 is 11.5 Å². The number of carbonyl (C=O) groups is 2. The van der Waals surface area contributed by atoms with Crippen molar-refractivity contribution >= 4 is 23.3 Å². The molecule has 1 aliphatic heterocycles. The van der Waals surface area contributed by atoms with E-state index in [2.05, 4.69) is 10.3 Å². The maximum atomic E-state index is 12.3. The quantitative estimate of drug-likeness (QED) is 0.871. The van der Waals surface area contributed by atoms with Crippen LogP contribution in [0, 0.1) is 6.92 Å². The van der Waals surface area contributed by atoms with Crippen LogP contribution in [0.1, 0.15) is 36.9 Å². The van der Waals surface area contributed by atoms with E-state index >= 15 is 0 Å². The number of carboxylic acid groups (broad SMARTS) is 1. The number of hydrogen-bond donors (Lipinski definition) is 2. The van der Waals surface area contributed by atoms with Gasteiger partial charge in [0.1, 0.15) is 5.54 Å². The summed E-state index contributed by atoms with van der Waals surface area (Å²) >= 11 is 1.58. The van der Waals surface area contributed by atoms with Gasteiger partial charge in [0.25, 0.3) is 0 Å². The van der Waals surface area contributed by atoms with E-state index in [0.717, 1.165) is 17.1 Å². The molecular formula is C14H21N3O3S. The molecule has 0 saturated carbocycles. The summed E-state index contributed by atoms with van der Waals surface area (Å²) in [7, 11) is 0. The molecule has 0 spiro atoms. The fraction of sp³-hybridized carbons (Fsp3) is 0.643. The average Bonchev–Trinajstić information content (AvgIpc) is 3.05. The van der Waals surface area contributed by atoms with Gasteiger partial charge in [0.15, 0.2) is 0 Å². The molecule has 0 aliphatic carbocycles. The number of likely N-dealkylation sites (tertiary alicyclic amines) is 1. The SMILES string of the molecule is CCC1(C(=O)O)CCCN1C(=O)NCCc1csc(C)n1. The van der Waals surface area contributed by atoms with Gasteiger partial charge in [-0.2, -0.15) is 0 Å². The summed E-state index contributed by atoms with van der Waals surface area (Å²) < 4.78 is 0. The lowest BCUT2D eigenvalue weighted by atomic mass is 9.93. The number of thiazole rings is 1. The Morgan fingerprint density at radius 1 is 1.57 bits per heavy atom. The molecule has 1 saturated heterocycles. The highest BCUT2D eigenvalue weighted by molar-refractivity contribution is 7.09. The van der Waals surface area contributed by atoms with Crippen molar-refractivity contribution in [2.45, 2.75) is 45.1 Å². The number of amides is 2. The van der Waals surface area contributed by atoms with E-state index in [0.29, 0.717) is 32.4 Å². The minimum absolute atomic E-state index is 0.288. The van der Waals surface area contributed by atoms with Crippen molar-refractivity contribution < 1.29 is 14.7 Å². The molecule has 0 bridgehead atoms. The third-order valence-corrected chi connectivity index (χ3v) is 4.86. The summed E-state index contributed by atoms with van der Waals surface area (Å²) in [6, 6.07) is -0.288. The molecule has 1 atom stereocenters. The van der Waals surface area contributed by atoms with Crippen LogP contribution in [0.15, 0.2) is 5.38 Å². The second-order valence-corrected chi connectivity index (χ2v) is 6.35. The van der Waals surface area contributed by atoms with Gasteiger partial charge in [-0.15, -0.1) is 11.3 Å². The molecule has 1 aromatic heterocycles. The number of nitrogens with one attached hydrogen (secondary N) is 1. The van der Waals surface area contributed by atoms with Crippen LogP contribution in [0.2, 0.25) is 0 Å².